The van der Waals surface area contributed by atoms with Crippen molar-refractivity contribution in [3.8, 4) is 5.75 Å². The number of ether oxygens (including phenoxy) is 1. The van der Waals surface area contributed by atoms with Crippen LogP contribution in [0.15, 0.2) is 84.9 Å². The molecule has 0 N–H and O–H groups in total. The molecule has 158 valence electrons. The van der Waals surface area contributed by atoms with Crippen LogP contribution in [0.4, 0.5) is 5.69 Å². The predicted molar refractivity (Wildman–Crippen MR) is 121 cm³/mol. The van der Waals surface area contributed by atoms with Crippen molar-refractivity contribution in [2.45, 2.75) is 26.0 Å². The lowest BCUT2D eigenvalue weighted by Gasteiger charge is -2.36. The van der Waals surface area contributed by atoms with Gasteiger partial charge in [-0.2, -0.15) is 0 Å². The van der Waals surface area contributed by atoms with Crippen molar-refractivity contribution in [3.63, 3.8) is 0 Å². The maximum Gasteiger partial charge on any atom is 0.265 e. The molecule has 2 amide bonds. The summed E-state index contributed by atoms with van der Waals surface area (Å²) in [5.41, 5.74) is 2.94. The minimum absolute atomic E-state index is 0.104. The fourth-order valence-electron chi connectivity index (χ4n) is 3.84. The Balaban J connectivity index is 1.56. The second kappa shape index (κ2) is 9.47. The lowest BCUT2D eigenvalue weighted by molar-refractivity contribution is -0.139. The maximum atomic E-state index is 13.6. The quantitative estimate of drug-likeness (QED) is 0.611. The topological polar surface area (TPSA) is 49.9 Å². The zero-order chi connectivity index (χ0) is 21.6. The largest absolute Gasteiger partial charge is 0.476 e. The molecule has 5 nitrogen and oxygen atoms in total. The number of nitrogens with zero attached hydrogens (tertiary/aromatic N) is 2. The molecule has 4 rings (SSSR count). The smallest absolute Gasteiger partial charge is 0.265 e. The van der Waals surface area contributed by atoms with E-state index in [0.717, 1.165) is 12.0 Å². The number of para-hydroxylation sites is 2. The molecule has 0 radical (unpaired) electrons. The summed E-state index contributed by atoms with van der Waals surface area (Å²) in [5, 5.41) is 0. The van der Waals surface area contributed by atoms with Crippen molar-refractivity contribution in [1.29, 1.82) is 0 Å². The summed E-state index contributed by atoms with van der Waals surface area (Å²) in [6.45, 7) is 2.79. The third-order valence-corrected chi connectivity index (χ3v) is 5.47. The number of hydrogen-bond donors (Lipinski definition) is 0. The maximum absolute atomic E-state index is 13.6. The lowest BCUT2D eigenvalue weighted by Crippen LogP contribution is -2.51. The summed E-state index contributed by atoms with van der Waals surface area (Å²) in [4.78, 5) is 29.3. The summed E-state index contributed by atoms with van der Waals surface area (Å²) in [6, 6.07) is 27.4. The van der Waals surface area contributed by atoms with Crippen molar-refractivity contribution in [2.24, 2.45) is 0 Å². The number of benzene rings is 3. The number of anilines is 1. The van der Waals surface area contributed by atoms with E-state index in [2.05, 4.69) is 12.1 Å². The van der Waals surface area contributed by atoms with Crippen LogP contribution in [0, 0.1) is 0 Å². The van der Waals surface area contributed by atoms with E-state index in [-0.39, 0.29) is 18.4 Å². The van der Waals surface area contributed by atoms with Crippen molar-refractivity contribution in [3.05, 3.63) is 96.1 Å². The first kappa shape index (κ1) is 20.7. The van der Waals surface area contributed by atoms with E-state index in [9.17, 15) is 9.59 Å². The van der Waals surface area contributed by atoms with Gasteiger partial charge in [-0.15, -0.1) is 0 Å². The molecular formula is C26H26N2O3. The number of amides is 2. The second-order valence-electron chi connectivity index (χ2n) is 7.68. The van der Waals surface area contributed by atoms with Crippen LogP contribution in [0.5, 0.6) is 5.75 Å². The molecule has 1 aliphatic rings. The molecule has 1 unspecified atom stereocenters. The van der Waals surface area contributed by atoms with Crippen molar-refractivity contribution in [2.75, 3.05) is 18.0 Å². The molecule has 0 saturated carbocycles. The molecule has 3 aromatic rings. The SMILES string of the molecule is CC(=O)N1CC(C(=O)N(CCc2ccccc2)Cc2ccccc2)Oc2ccccc21. The molecule has 1 heterocycles. The lowest BCUT2D eigenvalue weighted by atomic mass is 10.1. The summed E-state index contributed by atoms with van der Waals surface area (Å²) >= 11 is 0. The Bertz CT molecular complexity index is 1040. The van der Waals surface area contributed by atoms with Gasteiger partial charge in [0.1, 0.15) is 5.75 Å². The Morgan fingerprint density at radius 2 is 1.52 bits per heavy atom. The number of carbonyl (C=O) groups is 2. The first-order chi connectivity index (χ1) is 15.1. The predicted octanol–water partition coefficient (Wildman–Crippen LogP) is 4.07. The van der Waals surface area contributed by atoms with Gasteiger partial charge in [-0.3, -0.25) is 9.59 Å². The molecule has 5 heteroatoms. The van der Waals surface area contributed by atoms with Crippen LogP contribution in [0.3, 0.4) is 0 Å². The van der Waals surface area contributed by atoms with Crippen molar-refractivity contribution < 1.29 is 14.3 Å². The molecule has 0 fully saturated rings. The van der Waals surface area contributed by atoms with Crippen LogP contribution in [0.25, 0.3) is 0 Å². The fraction of sp³-hybridized carbons (Fsp3) is 0.231. The summed E-state index contributed by atoms with van der Waals surface area (Å²) in [7, 11) is 0. The van der Waals surface area contributed by atoms with Crippen LogP contribution in [0.1, 0.15) is 18.1 Å². The van der Waals surface area contributed by atoms with E-state index < -0.39 is 6.10 Å². The Morgan fingerprint density at radius 1 is 0.903 bits per heavy atom. The Labute approximate surface area is 182 Å². The highest BCUT2D eigenvalue weighted by molar-refractivity contribution is 5.95. The van der Waals surface area contributed by atoms with Gasteiger partial charge in [0.2, 0.25) is 5.91 Å². The van der Waals surface area contributed by atoms with E-state index in [1.807, 2.05) is 71.6 Å². The molecule has 1 atom stereocenters. The van der Waals surface area contributed by atoms with Crippen LogP contribution in [0.2, 0.25) is 0 Å². The van der Waals surface area contributed by atoms with E-state index >= 15 is 0 Å². The summed E-state index contributed by atoms with van der Waals surface area (Å²) in [5.74, 6) is 0.345. The van der Waals surface area contributed by atoms with Crippen molar-refractivity contribution >= 4 is 17.5 Å². The highest BCUT2D eigenvalue weighted by atomic mass is 16.5. The Morgan fingerprint density at radius 3 is 2.19 bits per heavy atom. The van der Waals surface area contributed by atoms with Crippen LogP contribution in [-0.2, 0) is 22.6 Å². The van der Waals surface area contributed by atoms with Gasteiger partial charge in [-0.1, -0.05) is 72.8 Å². The molecular weight excluding hydrogens is 388 g/mol. The third-order valence-electron chi connectivity index (χ3n) is 5.47. The average molecular weight is 415 g/mol. The zero-order valence-corrected chi connectivity index (χ0v) is 17.6. The fourth-order valence-corrected chi connectivity index (χ4v) is 3.84. The van der Waals surface area contributed by atoms with Gasteiger partial charge in [0, 0.05) is 20.0 Å². The van der Waals surface area contributed by atoms with Gasteiger partial charge in [0.25, 0.3) is 5.91 Å². The highest BCUT2D eigenvalue weighted by Gasteiger charge is 2.35. The second-order valence-corrected chi connectivity index (χ2v) is 7.68. The molecule has 0 spiro atoms. The van der Waals surface area contributed by atoms with Gasteiger partial charge < -0.3 is 14.5 Å². The number of carbonyl (C=O) groups excluding carboxylic acids is 2. The molecule has 3 aromatic carbocycles. The van der Waals surface area contributed by atoms with Crippen LogP contribution >= 0.6 is 0 Å². The standard InChI is InChI=1S/C26H26N2O3/c1-20(29)28-19-25(31-24-15-9-8-14-23(24)28)26(30)27(18-22-12-6-3-7-13-22)17-16-21-10-4-2-5-11-21/h2-15,25H,16-19H2,1H3. The first-order valence-corrected chi connectivity index (χ1v) is 10.5. The van der Waals surface area contributed by atoms with Gasteiger partial charge in [0.05, 0.1) is 12.2 Å². The Kier molecular flexibility index (Phi) is 6.32. The zero-order valence-electron chi connectivity index (χ0n) is 17.6. The summed E-state index contributed by atoms with van der Waals surface area (Å²) < 4.78 is 6.06. The minimum Gasteiger partial charge on any atom is -0.476 e. The van der Waals surface area contributed by atoms with Gasteiger partial charge in [-0.25, -0.2) is 0 Å². The van der Waals surface area contributed by atoms with Gasteiger partial charge in [-0.05, 0) is 29.7 Å². The summed E-state index contributed by atoms with van der Waals surface area (Å²) in [6.07, 6.45) is 0.0115. The molecule has 31 heavy (non-hydrogen) atoms. The highest BCUT2D eigenvalue weighted by Crippen LogP contribution is 2.33. The molecule has 0 aliphatic carbocycles. The monoisotopic (exact) mass is 414 g/mol. The Hall–Kier alpha value is -3.60. The van der Waals surface area contributed by atoms with E-state index in [1.165, 1.54) is 12.5 Å². The number of hydrogen-bond acceptors (Lipinski definition) is 3. The van der Waals surface area contributed by atoms with E-state index in [1.54, 1.807) is 11.0 Å². The normalized spacial score (nSPS) is 15.0. The van der Waals surface area contributed by atoms with Crippen molar-refractivity contribution in [1.82, 2.24) is 4.90 Å². The number of rotatable bonds is 6. The van der Waals surface area contributed by atoms with Gasteiger partial charge >= 0.3 is 0 Å². The van der Waals surface area contributed by atoms with Crippen LogP contribution < -0.4 is 9.64 Å². The van der Waals surface area contributed by atoms with E-state index in [4.69, 9.17) is 4.74 Å². The molecule has 0 saturated heterocycles. The molecule has 1 aliphatic heterocycles. The minimum atomic E-state index is -0.738. The van der Waals surface area contributed by atoms with Gasteiger partial charge in [0.15, 0.2) is 6.10 Å². The number of fused-ring (bicyclic) bond motifs is 1. The first-order valence-electron chi connectivity index (χ1n) is 10.5. The van der Waals surface area contributed by atoms with Crippen LogP contribution in [-0.4, -0.2) is 35.9 Å². The third kappa shape index (κ3) is 4.94. The molecule has 0 bridgehead atoms. The van der Waals surface area contributed by atoms with E-state index in [0.29, 0.717) is 24.5 Å². The average Bonchev–Trinajstić information content (AvgIpc) is 2.81. The molecule has 0 aromatic heterocycles.